The number of nitrogens with two attached hydrogens (primary N) is 1. The number of nitrogen functional groups attached to an aromatic ring is 1. The molecule has 2 aliphatic heterocycles. The van der Waals surface area contributed by atoms with Gasteiger partial charge >= 0.3 is 0 Å². The minimum atomic E-state index is -0.561. The number of likely N-dealkylation sites (tertiary alicyclic amines) is 1. The molecule has 10 nitrogen and oxygen atoms in total. The zero-order valence-electron chi connectivity index (χ0n) is 29.6. The lowest BCUT2D eigenvalue weighted by atomic mass is 9.97. The molecule has 0 unspecified atom stereocenters. The predicted molar refractivity (Wildman–Crippen MR) is 202 cm³/mol. The van der Waals surface area contributed by atoms with Gasteiger partial charge in [-0.05, 0) is 59.2 Å². The Hall–Kier alpha value is -4.58. The molecule has 2 aliphatic rings. The first-order chi connectivity index (χ1) is 25.3. The lowest BCUT2D eigenvalue weighted by molar-refractivity contribution is -0.252. The molecule has 52 heavy (non-hydrogen) atoms. The smallest absolute Gasteiger partial charge is 0.224 e. The molecule has 4 aromatic rings. The second-order valence-electron chi connectivity index (χ2n) is 13.8. The van der Waals surface area contributed by atoms with Gasteiger partial charge in [0, 0.05) is 51.0 Å². The number of rotatable bonds is 15. The standard InChI is InChI=1S/C42H50N4O6/c43-37-10-6-7-11-38(37)45-41(50)13-3-1-2-12-40(49)44-25-33-8-4-5-9-36(33)30-18-20-32(21-19-30)42-51-35(27-46-23-22-34(48)26-46)24-39(52-42)31-16-14-29(28-47)15-17-31/h4-11,14-21,34-35,39,42,47-48H,1-3,12-13,22-28,43H2,(H,44,49)(H,45,50)/t34-,35-,39+,42+/m0/s1. The van der Waals surface area contributed by atoms with E-state index in [2.05, 4.69) is 33.7 Å². The number of β-amino-alcohol motifs (C(OH)–C–C–N with tert-alkyl or cyclic N) is 1. The summed E-state index contributed by atoms with van der Waals surface area (Å²) in [4.78, 5) is 27.2. The quantitative estimate of drug-likeness (QED) is 0.0721. The summed E-state index contributed by atoms with van der Waals surface area (Å²) in [6.45, 7) is 2.64. The number of para-hydroxylation sites is 2. The van der Waals surface area contributed by atoms with Crippen molar-refractivity contribution < 1.29 is 29.3 Å². The van der Waals surface area contributed by atoms with Gasteiger partial charge in [0.05, 0.1) is 36.3 Å². The van der Waals surface area contributed by atoms with Crippen LogP contribution < -0.4 is 16.4 Å². The number of carbonyl (C=O) groups is 2. The Morgan fingerprint density at radius 1 is 0.827 bits per heavy atom. The SMILES string of the molecule is Nc1ccccc1NC(=O)CCCCCC(=O)NCc1ccccc1-c1ccc([C@@H]2O[C@H](CN3CC[C@H](O)C3)C[C@H](c3ccc(CO)cc3)O2)cc1. The Kier molecular flexibility index (Phi) is 13.1. The third kappa shape index (κ3) is 10.3. The molecule has 2 amide bonds. The van der Waals surface area contributed by atoms with Crippen LogP contribution in [0.5, 0.6) is 0 Å². The molecule has 0 bridgehead atoms. The highest BCUT2D eigenvalue weighted by molar-refractivity contribution is 5.93. The van der Waals surface area contributed by atoms with Crippen LogP contribution in [0, 0.1) is 0 Å². The van der Waals surface area contributed by atoms with Crippen LogP contribution in [0.4, 0.5) is 11.4 Å². The van der Waals surface area contributed by atoms with Gasteiger partial charge in [-0.25, -0.2) is 0 Å². The van der Waals surface area contributed by atoms with E-state index in [1.54, 1.807) is 12.1 Å². The normalized spacial score (nSPS) is 20.4. The van der Waals surface area contributed by atoms with E-state index in [0.717, 1.165) is 59.3 Å². The Morgan fingerprint density at radius 3 is 2.27 bits per heavy atom. The highest BCUT2D eigenvalue weighted by atomic mass is 16.7. The van der Waals surface area contributed by atoms with E-state index in [4.69, 9.17) is 15.2 Å². The van der Waals surface area contributed by atoms with E-state index in [9.17, 15) is 19.8 Å². The van der Waals surface area contributed by atoms with Gasteiger partial charge in [0.2, 0.25) is 11.8 Å². The Bertz CT molecular complexity index is 1770. The van der Waals surface area contributed by atoms with E-state index in [1.165, 1.54) is 0 Å². The summed E-state index contributed by atoms with van der Waals surface area (Å²) in [5.41, 5.74) is 13.0. The maximum atomic E-state index is 12.7. The van der Waals surface area contributed by atoms with Gasteiger partial charge < -0.3 is 36.1 Å². The van der Waals surface area contributed by atoms with Gasteiger partial charge in [0.15, 0.2) is 6.29 Å². The molecule has 0 aromatic heterocycles. The van der Waals surface area contributed by atoms with Crippen molar-refractivity contribution in [2.75, 3.05) is 30.7 Å². The molecule has 4 atom stereocenters. The number of aliphatic hydroxyl groups is 2. The summed E-state index contributed by atoms with van der Waals surface area (Å²) in [5, 5.41) is 25.5. The molecule has 0 radical (unpaired) electrons. The van der Waals surface area contributed by atoms with Crippen LogP contribution in [0.2, 0.25) is 0 Å². The summed E-state index contributed by atoms with van der Waals surface area (Å²) >= 11 is 0. The number of hydrogen-bond acceptors (Lipinski definition) is 8. The van der Waals surface area contributed by atoms with E-state index in [0.29, 0.717) is 56.6 Å². The topological polar surface area (TPSA) is 146 Å². The number of nitrogens with zero attached hydrogens (tertiary/aromatic N) is 1. The third-order valence-corrected chi connectivity index (χ3v) is 9.85. The van der Waals surface area contributed by atoms with Crippen LogP contribution >= 0.6 is 0 Å². The molecule has 0 spiro atoms. The minimum Gasteiger partial charge on any atom is -0.397 e. The lowest BCUT2D eigenvalue weighted by Crippen LogP contribution is -2.38. The van der Waals surface area contributed by atoms with Crippen LogP contribution in [0.15, 0.2) is 97.1 Å². The van der Waals surface area contributed by atoms with Crippen molar-refractivity contribution in [2.45, 2.75) is 82.7 Å². The van der Waals surface area contributed by atoms with Gasteiger partial charge in [0.25, 0.3) is 0 Å². The van der Waals surface area contributed by atoms with Crippen molar-refractivity contribution in [3.05, 3.63) is 119 Å². The lowest BCUT2D eigenvalue weighted by Gasteiger charge is -2.38. The Balaban J connectivity index is 1.02. The number of amides is 2. The number of unbranched alkanes of at least 4 members (excludes halogenated alkanes) is 2. The molecule has 2 saturated heterocycles. The molecule has 274 valence electrons. The molecule has 10 heteroatoms. The molecular weight excluding hydrogens is 656 g/mol. The summed E-state index contributed by atoms with van der Waals surface area (Å²) in [5.74, 6) is -0.0971. The van der Waals surface area contributed by atoms with Crippen LogP contribution in [0.3, 0.4) is 0 Å². The maximum Gasteiger partial charge on any atom is 0.224 e. The summed E-state index contributed by atoms with van der Waals surface area (Å²) in [6.07, 6.45) is 3.33. The zero-order valence-corrected chi connectivity index (χ0v) is 29.6. The fourth-order valence-corrected chi connectivity index (χ4v) is 6.93. The number of carbonyl (C=O) groups excluding carboxylic acids is 2. The first-order valence-electron chi connectivity index (χ1n) is 18.3. The molecule has 4 aromatic carbocycles. The average Bonchev–Trinajstić information content (AvgIpc) is 3.58. The largest absolute Gasteiger partial charge is 0.397 e. The van der Waals surface area contributed by atoms with E-state index >= 15 is 0 Å². The highest BCUT2D eigenvalue weighted by Gasteiger charge is 2.34. The second-order valence-corrected chi connectivity index (χ2v) is 13.8. The van der Waals surface area contributed by atoms with Gasteiger partial charge in [0.1, 0.15) is 0 Å². The summed E-state index contributed by atoms with van der Waals surface area (Å²) in [6, 6.07) is 31.3. The van der Waals surface area contributed by atoms with Gasteiger partial charge in [-0.2, -0.15) is 0 Å². The van der Waals surface area contributed by atoms with Crippen LogP contribution in [-0.2, 0) is 32.2 Å². The number of aliphatic hydroxyl groups excluding tert-OH is 2. The number of hydrogen-bond donors (Lipinski definition) is 5. The minimum absolute atomic E-state index is 0.00510. The molecule has 0 saturated carbocycles. The average molecular weight is 707 g/mol. The third-order valence-electron chi connectivity index (χ3n) is 9.85. The predicted octanol–water partition coefficient (Wildman–Crippen LogP) is 6.25. The first kappa shape index (κ1) is 37.2. The monoisotopic (exact) mass is 706 g/mol. The Labute approximate surface area is 305 Å². The van der Waals surface area contributed by atoms with Crippen LogP contribution in [0.25, 0.3) is 11.1 Å². The van der Waals surface area contributed by atoms with E-state index in [1.807, 2.05) is 66.7 Å². The van der Waals surface area contributed by atoms with Crippen molar-refractivity contribution in [3.63, 3.8) is 0 Å². The Morgan fingerprint density at radius 2 is 1.54 bits per heavy atom. The molecule has 0 aliphatic carbocycles. The van der Waals surface area contributed by atoms with Crippen molar-refractivity contribution in [1.82, 2.24) is 10.2 Å². The fourth-order valence-electron chi connectivity index (χ4n) is 6.93. The van der Waals surface area contributed by atoms with Gasteiger partial charge in [-0.1, -0.05) is 91.3 Å². The first-order valence-corrected chi connectivity index (χ1v) is 18.3. The van der Waals surface area contributed by atoms with Crippen LogP contribution in [-0.4, -0.2) is 58.8 Å². The maximum absolute atomic E-state index is 12.7. The molecular formula is C42H50N4O6. The summed E-state index contributed by atoms with van der Waals surface area (Å²) < 4.78 is 13.1. The number of benzene rings is 4. The number of nitrogens with one attached hydrogen (secondary N) is 2. The van der Waals surface area contributed by atoms with E-state index < -0.39 is 6.29 Å². The molecule has 6 rings (SSSR count). The van der Waals surface area contributed by atoms with E-state index in [-0.39, 0.29) is 36.7 Å². The van der Waals surface area contributed by atoms with Gasteiger partial charge in [-0.3, -0.25) is 14.5 Å². The van der Waals surface area contributed by atoms with Crippen molar-refractivity contribution >= 4 is 23.2 Å². The highest BCUT2D eigenvalue weighted by Crippen LogP contribution is 2.39. The number of ether oxygens (including phenoxy) is 2. The zero-order chi connectivity index (χ0) is 36.3. The van der Waals surface area contributed by atoms with Crippen LogP contribution in [0.1, 0.15) is 79.6 Å². The van der Waals surface area contributed by atoms with Crippen molar-refractivity contribution in [1.29, 1.82) is 0 Å². The summed E-state index contributed by atoms with van der Waals surface area (Å²) in [7, 11) is 0. The van der Waals surface area contributed by atoms with Crippen molar-refractivity contribution in [2.24, 2.45) is 0 Å². The second kappa shape index (κ2) is 18.3. The molecule has 2 heterocycles. The van der Waals surface area contributed by atoms with Crippen molar-refractivity contribution in [3.8, 4) is 11.1 Å². The molecule has 2 fully saturated rings. The fraction of sp³-hybridized carbons (Fsp3) is 0.381. The molecule has 6 N–H and O–H groups in total. The van der Waals surface area contributed by atoms with Gasteiger partial charge in [-0.15, -0.1) is 0 Å². The number of anilines is 2.